The predicted molar refractivity (Wildman–Crippen MR) is 87.8 cm³/mol. The summed E-state index contributed by atoms with van der Waals surface area (Å²) in [6.07, 6.45) is 3.94. The van der Waals surface area contributed by atoms with E-state index in [2.05, 4.69) is 39.0 Å². The van der Waals surface area contributed by atoms with E-state index in [1.165, 1.54) is 11.1 Å². The molecule has 0 aliphatic carbocycles. The molecule has 0 atom stereocenters. The van der Waals surface area contributed by atoms with Crippen molar-refractivity contribution in [2.45, 2.75) is 27.3 Å². The van der Waals surface area contributed by atoms with Crippen molar-refractivity contribution < 1.29 is 0 Å². The van der Waals surface area contributed by atoms with E-state index in [-0.39, 0.29) is 5.56 Å². The first-order valence-corrected chi connectivity index (χ1v) is 7.29. The van der Waals surface area contributed by atoms with Gasteiger partial charge in [-0.25, -0.2) is 0 Å². The Morgan fingerprint density at radius 3 is 2.52 bits per heavy atom. The summed E-state index contributed by atoms with van der Waals surface area (Å²) in [7, 11) is 1.82. The zero-order valence-electron chi connectivity index (χ0n) is 13.0. The minimum Gasteiger partial charge on any atom is -0.343 e. The number of aryl methyl sites for hydroxylation is 4. The van der Waals surface area contributed by atoms with Crippen LogP contribution in [0.2, 0.25) is 0 Å². The van der Waals surface area contributed by atoms with Crippen molar-refractivity contribution in [1.29, 1.82) is 0 Å². The van der Waals surface area contributed by atoms with E-state index in [4.69, 9.17) is 0 Å². The van der Waals surface area contributed by atoms with E-state index < -0.39 is 0 Å². The number of aromatic nitrogens is 2. The molecule has 0 unspecified atom stereocenters. The molecular formula is C18H20N2O. The Morgan fingerprint density at radius 1 is 1.10 bits per heavy atom. The SMILES string of the molecule is CCn1ccc2c(-c3ccc(C)c(C)c3)cn(C)c(=O)c21. The van der Waals surface area contributed by atoms with Crippen LogP contribution in [0.5, 0.6) is 0 Å². The molecule has 2 heterocycles. The highest BCUT2D eigenvalue weighted by Gasteiger charge is 2.12. The number of fused-ring (bicyclic) bond motifs is 1. The zero-order valence-corrected chi connectivity index (χ0v) is 13.0. The third kappa shape index (κ3) is 2.09. The second-order valence-corrected chi connectivity index (χ2v) is 5.62. The van der Waals surface area contributed by atoms with Gasteiger partial charge in [0.2, 0.25) is 0 Å². The van der Waals surface area contributed by atoms with Crippen LogP contribution in [0.25, 0.3) is 22.0 Å². The Bertz CT molecular complexity index is 884. The number of benzene rings is 1. The lowest BCUT2D eigenvalue weighted by molar-refractivity contribution is 0.779. The molecule has 0 aliphatic rings. The van der Waals surface area contributed by atoms with Crippen molar-refractivity contribution in [2.24, 2.45) is 7.05 Å². The van der Waals surface area contributed by atoms with Crippen molar-refractivity contribution in [3.8, 4) is 11.1 Å². The lowest BCUT2D eigenvalue weighted by Crippen LogP contribution is -2.18. The summed E-state index contributed by atoms with van der Waals surface area (Å²) >= 11 is 0. The highest BCUT2D eigenvalue weighted by molar-refractivity contribution is 5.94. The Kier molecular flexibility index (Phi) is 3.20. The number of rotatable bonds is 2. The molecular weight excluding hydrogens is 260 g/mol. The quantitative estimate of drug-likeness (QED) is 0.704. The summed E-state index contributed by atoms with van der Waals surface area (Å²) in [5.41, 5.74) is 5.67. The standard InChI is InChI=1S/C18H20N2O/c1-5-20-9-8-15-16(11-19(4)18(21)17(15)20)14-7-6-12(2)13(3)10-14/h6-11H,5H2,1-4H3. The molecule has 3 nitrogen and oxygen atoms in total. The van der Waals surface area contributed by atoms with E-state index in [0.717, 1.165) is 28.6 Å². The van der Waals surface area contributed by atoms with Gasteiger partial charge < -0.3 is 9.13 Å². The molecule has 0 N–H and O–H groups in total. The summed E-state index contributed by atoms with van der Waals surface area (Å²) in [6, 6.07) is 8.51. The molecule has 0 spiro atoms. The van der Waals surface area contributed by atoms with Crippen LogP contribution < -0.4 is 5.56 Å². The minimum absolute atomic E-state index is 0.0597. The van der Waals surface area contributed by atoms with Gasteiger partial charge in [0.15, 0.2) is 0 Å². The summed E-state index contributed by atoms with van der Waals surface area (Å²) in [5.74, 6) is 0. The van der Waals surface area contributed by atoms with E-state index in [0.29, 0.717) is 0 Å². The summed E-state index contributed by atoms with van der Waals surface area (Å²) < 4.78 is 3.70. The third-order valence-electron chi connectivity index (χ3n) is 4.26. The number of pyridine rings is 1. The van der Waals surface area contributed by atoms with E-state index >= 15 is 0 Å². The van der Waals surface area contributed by atoms with Crippen LogP contribution in [-0.4, -0.2) is 9.13 Å². The fraction of sp³-hybridized carbons (Fsp3) is 0.278. The van der Waals surface area contributed by atoms with Crippen molar-refractivity contribution >= 4 is 10.9 Å². The van der Waals surface area contributed by atoms with Gasteiger partial charge in [-0.2, -0.15) is 0 Å². The van der Waals surface area contributed by atoms with Gasteiger partial charge in [-0.15, -0.1) is 0 Å². The fourth-order valence-electron chi connectivity index (χ4n) is 2.82. The second-order valence-electron chi connectivity index (χ2n) is 5.62. The van der Waals surface area contributed by atoms with Crippen LogP contribution in [0, 0.1) is 13.8 Å². The van der Waals surface area contributed by atoms with Crippen LogP contribution in [0.4, 0.5) is 0 Å². The van der Waals surface area contributed by atoms with Crippen molar-refractivity contribution in [2.75, 3.05) is 0 Å². The van der Waals surface area contributed by atoms with Gasteiger partial charge >= 0.3 is 0 Å². The van der Waals surface area contributed by atoms with Crippen LogP contribution in [-0.2, 0) is 13.6 Å². The highest BCUT2D eigenvalue weighted by atomic mass is 16.1. The van der Waals surface area contributed by atoms with Crippen LogP contribution in [0.1, 0.15) is 18.1 Å². The monoisotopic (exact) mass is 280 g/mol. The van der Waals surface area contributed by atoms with Gasteiger partial charge in [-0.1, -0.05) is 18.2 Å². The average molecular weight is 280 g/mol. The second kappa shape index (κ2) is 4.92. The smallest absolute Gasteiger partial charge is 0.274 e. The van der Waals surface area contributed by atoms with Crippen molar-refractivity contribution in [3.63, 3.8) is 0 Å². The number of hydrogen-bond acceptors (Lipinski definition) is 1. The molecule has 0 bridgehead atoms. The lowest BCUT2D eigenvalue weighted by Gasteiger charge is -2.10. The van der Waals surface area contributed by atoms with E-state index in [9.17, 15) is 4.79 Å². The average Bonchev–Trinajstić information content (AvgIpc) is 2.90. The molecule has 0 radical (unpaired) electrons. The molecule has 3 heteroatoms. The van der Waals surface area contributed by atoms with Gasteiger partial charge in [0.25, 0.3) is 5.56 Å². The van der Waals surface area contributed by atoms with Crippen LogP contribution >= 0.6 is 0 Å². The van der Waals surface area contributed by atoms with Gasteiger partial charge in [0.1, 0.15) is 5.52 Å². The minimum atomic E-state index is 0.0597. The predicted octanol–water partition coefficient (Wildman–Crippen LogP) is 3.64. The molecule has 0 saturated heterocycles. The molecule has 3 aromatic rings. The van der Waals surface area contributed by atoms with Crippen molar-refractivity contribution in [3.05, 3.63) is 58.1 Å². The molecule has 1 aromatic carbocycles. The summed E-state index contributed by atoms with van der Waals surface area (Å²) in [6.45, 7) is 7.09. The van der Waals surface area contributed by atoms with E-state index in [1.807, 2.05) is 30.1 Å². The first kappa shape index (κ1) is 13.7. The maximum Gasteiger partial charge on any atom is 0.274 e. The van der Waals surface area contributed by atoms with E-state index in [1.54, 1.807) is 4.57 Å². The maximum atomic E-state index is 12.4. The van der Waals surface area contributed by atoms with Gasteiger partial charge in [-0.3, -0.25) is 4.79 Å². The van der Waals surface area contributed by atoms with Crippen LogP contribution in [0.3, 0.4) is 0 Å². The Balaban J connectivity index is 2.37. The lowest BCUT2D eigenvalue weighted by atomic mass is 9.99. The Morgan fingerprint density at radius 2 is 1.86 bits per heavy atom. The first-order chi connectivity index (χ1) is 10.0. The fourth-order valence-corrected chi connectivity index (χ4v) is 2.82. The van der Waals surface area contributed by atoms with Gasteiger partial charge in [0.05, 0.1) is 0 Å². The highest BCUT2D eigenvalue weighted by Crippen LogP contribution is 2.28. The zero-order chi connectivity index (χ0) is 15.1. The van der Waals surface area contributed by atoms with Crippen molar-refractivity contribution in [1.82, 2.24) is 9.13 Å². The molecule has 21 heavy (non-hydrogen) atoms. The molecule has 3 rings (SSSR count). The molecule has 0 amide bonds. The van der Waals surface area contributed by atoms with Crippen LogP contribution in [0.15, 0.2) is 41.5 Å². The Hall–Kier alpha value is -2.29. The first-order valence-electron chi connectivity index (χ1n) is 7.29. The topological polar surface area (TPSA) is 26.9 Å². The maximum absolute atomic E-state index is 12.4. The molecule has 0 fully saturated rings. The van der Waals surface area contributed by atoms with Gasteiger partial charge in [-0.05, 0) is 43.5 Å². The number of hydrogen-bond donors (Lipinski definition) is 0. The molecule has 0 aliphatic heterocycles. The normalized spacial score (nSPS) is 11.2. The summed E-state index contributed by atoms with van der Waals surface area (Å²) in [4.78, 5) is 12.4. The largest absolute Gasteiger partial charge is 0.343 e. The Labute approximate surface area is 124 Å². The summed E-state index contributed by atoms with van der Waals surface area (Å²) in [5, 5.41) is 1.03. The molecule has 0 saturated carbocycles. The van der Waals surface area contributed by atoms with Gasteiger partial charge in [0, 0.05) is 36.9 Å². The number of nitrogens with zero attached hydrogens (tertiary/aromatic N) is 2. The third-order valence-corrected chi connectivity index (χ3v) is 4.26. The molecule has 2 aromatic heterocycles. The molecule has 108 valence electrons.